The van der Waals surface area contributed by atoms with Crippen LogP contribution in [0.5, 0.6) is 0 Å². The van der Waals surface area contributed by atoms with Crippen LogP contribution in [0.25, 0.3) is 0 Å². The molecule has 4 bridgehead atoms. The molecule has 3 heteroatoms. The van der Waals surface area contributed by atoms with Crippen LogP contribution in [0.2, 0.25) is 0 Å². The number of nitrogens with zero attached hydrogens (tertiary/aromatic N) is 3. The van der Waals surface area contributed by atoms with Crippen LogP contribution in [0.15, 0.2) is 0 Å². The van der Waals surface area contributed by atoms with Crippen molar-refractivity contribution in [2.24, 2.45) is 23.7 Å². The molecule has 0 atom stereocenters. The molecule has 4 aliphatic carbocycles. The van der Waals surface area contributed by atoms with Crippen LogP contribution in [0.1, 0.15) is 38.5 Å². The molecule has 1 saturated heterocycles. The molecular weight excluding hydrogens is 246 g/mol. The maximum Gasteiger partial charge on any atom is 0.0635 e. The fraction of sp³-hybridized carbons (Fsp3) is 0.941. The van der Waals surface area contributed by atoms with Gasteiger partial charge in [0.25, 0.3) is 0 Å². The average Bonchev–Trinajstić information content (AvgIpc) is 2.45. The first-order valence-electron chi connectivity index (χ1n) is 8.67. The summed E-state index contributed by atoms with van der Waals surface area (Å²) in [6.07, 6.45) is 8.39. The van der Waals surface area contributed by atoms with Gasteiger partial charge in [-0.15, -0.1) is 0 Å². The molecule has 5 aliphatic rings. The molecule has 20 heavy (non-hydrogen) atoms. The van der Waals surface area contributed by atoms with E-state index in [2.05, 4.69) is 15.9 Å². The minimum absolute atomic E-state index is 0.692. The van der Waals surface area contributed by atoms with E-state index in [1.165, 1.54) is 51.9 Å². The summed E-state index contributed by atoms with van der Waals surface area (Å²) in [5, 5.41) is 8.70. The Morgan fingerprint density at radius 2 is 1.45 bits per heavy atom. The van der Waals surface area contributed by atoms with Crippen molar-refractivity contribution in [2.75, 3.05) is 32.7 Å². The van der Waals surface area contributed by atoms with Gasteiger partial charge in [-0.25, -0.2) is 0 Å². The molecule has 5 fully saturated rings. The summed E-state index contributed by atoms with van der Waals surface area (Å²) in [7, 11) is 0. The quantitative estimate of drug-likeness (QED) is 0.790. The third-order valence-corrected chi connectivity index (χ3v) is 6.55. The first kappa shape index (κ1) is 13.1. The van der Waals surface area contributed by atoms with Crippen molar-refractivity contribution >= 4 is 0 Å². The van der Waals surface area contributed by atoms with Gasteiger partial charge in [0.1, 0.15) is 0 Å². The third-order valence-electron chi connectivity index (χ3n) is 6.55. The molecule has 1 heterocycles. The molecule has 5 rings (SSSR count). The molecule has 0 spiro atoms. The number of hydrogen-bond acceptors (Lipinski definition) is 3. The van der Waals surface area contributed by atoms with E-state index < -0.39 is 0 Å². The molecule has 0 unspecified atom stereocenters. The van der Waals surface area contributed by atoms with Crippen molar-refractivity contribution in [3.05, 3.63) is 0 Å². The van der Waals surface area contributed by atoms with Crippen LogP contribution in [0, 0.1) is 35.0 Å². The van der Waals surface area contributed by atoms with Crippen LogP contribution in [-0.4, -0.2) is 48.6 Å². The lowest BCUT2D eigenvalue weighted by atomic mass is 9.54. The Kier molecular flexibility index (Phi) is 3.48. The molecule has 3 nitrogen and oxygen atoms in total. The lowest BCUT2D eigenvalue weighted by Crippen LogP contribution is -2.60. The van der Waals surface area contributed by atoms with E-state index in [1.807, 2.05) is 0 Å². The van der Waals surface area contributed by atoms with E-state index >= 15 is 0 Å². The Morgan fingerprint density at radius 3 is 2.00 bits per heavy atom. The summed E-state index contributed by atoms with van der Waals surface area (Å²) in [5.41, 5.74) is 0. The molecule has 0 aromatic heterocycles. The summed E-state index contributed by atoms with van der Waals surface area (Å²) in [6.45, 7) is 5.85. The van der Waals surface area contributed by atoms with E-state index in [4.69, 9.17) is 5.26 Å². The predicted octanol–water partition coefficient (Wildman–Crippen LogP) is 2.34. The molecule has 0 N–H and O–H groups in total. The van der Waals surface area contributed by atoms with Gasteiger partial charge in [-0.05, 0) is 55.8 Å². The summed E-state index contributed by atoms with van der Waals surface area (Å²) in [6, 6.07) is 3.19. The second-order valence-corrected chi connectivity index (χ2v) is 7.71. The van der Waals surface area contributed by atoms with Crippen molar-refractivity contribution in [1.29, 1.82) is 5.26 Å². The summed E-state index contributed by atoms with van der Waals surface area (Å²) >= 11 is 0. The zero-order valence-corrected chi connectivity index (χ0v) is 12.5. The SMILES string of the molecule is N#CCCN1CCN(C2C3CC4CC(C3)CC2C4)CC1. The highest BCUT2D eigenvalue weighted by atomic mass is 15.3. The van der Waals surface area contributed by atoms with Crippen molar-refractivity contribution in [3.63, 3.8) is 0 Å². The normalized spacial score (nSPS) is 44.6. The fourth-order valence-electron chi connectivity index (χ4n) is 5.99. The highest BCUT2D eigenvalue weighted by molar-refractivity contribution is 5.02. The monoisotopic (exact) mass is 273 g/mol. The number of rotatable bonds is 3. The van der Waals surface area contributed by atoms with Crippen LogP contribution >= 0.6 is 0 Å². The molecule has 0 aromatic rings. The van der Waals surface area contributed by atoms with E-state index in [-0.39, 0.29) is 0 Å². The Bertz CT molecular complexity index is 364. The van der Waals surface area contributed by atoms with E-state index in [1.54, 1.807) is 6.42 Å². The Morgan fingerprint density at radius 1 is 0.850 bits per heavy atom. The summed E-state index contributed by atoms with van der Waals surface area (Å²) in [4.78, 5) is 5.31. The van der Waals surface area contributed by atoms with Gasteiger partial charge in [0.15, 0.2) is 0 Å². The van der Waals surface area contributed by atoms with Crippen LogP contribution in [-0.2, 0) is 0 Å². The molecular formula is C17H27N3. The van der Waals surface area contributed by atoms with Gasteiger partial charge >= 0.3 is 0 Å². The average molecular weight is 273 g/mol. The smallest absolute Gasteiger partial charge is 0.0635 e. The number of piperazine rings is 1. The molecule has 4 saturated carbocycles. The zero-order valence-electron chi connectivity index (χ0n) is 12.5. The Labute approximate surface area is 122 Å². The van der Waals surface area contributed by atoms with E-state index in [0.717, 1.165) is 36.3 Å². The molecule has 0 amide bonds. The summed E-state index contributed by atoms with van der Waals surface area (Å²) < 4.78 is 0. The van der Waals surface area contributed by atoms with Gasteiger partial charge in [-0.1, -0.05) is 0 Å². The zero-order chi connectivity index (χ0) is 13.5. The van der Waals surface area contributed by atoms with Gasteiger partial charge in [0.05, 0.1) is 6.07 Å². The van der Waals surface area contributed by atoms with Crippen molar-refractivity contribution < 1.29 is 0 Å². The third kappa shape index (κ3) is 2.27. The lowest BCUT2D eigenvalue weighted by Gasteiger charge is -2.58. The molecule has 0 aromatic carbocycles. The molecule has 0 radical (unpaired) electrons. The van der Waals surface area contributed by atoms with Gasteiger partial charge in [-0.2, -0.15) is 5.26 Å². The van der Waals surface area contributed by atoms with Crippen LogP contribution in [0.4, 0.5) is 0 Å². The van der Waals surface area contributed by atoms with Gasteiger partial charge in [0.2, 0.25) is 0 Å². The lowest BCUT2D eigenvalue weighted by molar-refractivity contribution is -0.0762. The first-order valence-corrected chi connectivity index (χ1v) is 8.67. The largest absolute Gasteiger partial charge is 0.300 e. The number of nitriles is 1. The highest BCUT2D eigenvalue weighted by Gasteiger charge is 2.50. The first-order chi connectivity index (χ1) is 9.83. The maximum absolute atomic E-state index is 8.70. The standard InChI is InChI=1S/C17H27N3/c18-2-1-3-19-4-6-20(7-5-19)17-15-9-13-8-14(11-15)12-16(17)10-13/h13-17H,1,3-12H2. The summed E-state index contributed by atoms with van der Waals surface area (Å²) in [5.74, 6) is 4.23. The maximum atomic E-state index is 8.70. The van der Waals surface area contributed by atoms with Crippen LogP contribution in [0.3, 0.4) is 0 Å². The van der Waals surface area contributed by atoms with Gasteiger partial charge in [-0.3, -0.25) is 9.80 Å². The van der Waals surface area contributed by atoms with Crippen molar-refractivity contribution in [3.8, 4) is 6.07 Å². The van der Waals surface area contributed by atoms with Gasteiger partial charge < -0.3 is 0 Å². The minimum Gasteiger partial charge on any atom is -0.300 e. The second kappa shape index (κ2) is 5.31. The number of hydrogen-bond donors (Lipinski definition) is 0. The molecule has 110 valence electrons. The predicted molar refractivity (Wildman–Crippen MR) is 79.1 cm³/mol. The fourth-order valence-corrected chi connectivity index (χ4v) is 5.99. The molecule has 1 aliphatic heterocycles. The van der Waals surface area contributed by atoms with Crippen molar-refractivity contribution in [1.82, 2.24) is 9.80 Å². The van der Waals surface area contributed by atoms with E-state index in [0.29, 0.717) is 6.42 Å². The second-order valence-electron chi connectivity index (χ2n) is 7.71. The van der Waals surface area contributed by atoms with Crippen LogP contribution < -0.4 is 0 Å². The van der Waals surface area contributed by atoms with E-state index in [9.17, 15) is 0 Å². The topological polar surface area (TPSA) is 30.3 Å². The Balaban J connectivity index is 1.36. The highest BCUT2D eigenvalue weighted by Crippen LogP contribution is 2.55. The Hall–Kier alpha value is -0.590. The van der Waals surface area contributed by atoms with Gasteiger partial charge in [0, 0.05) is 45.2 Å². The van der Waals surface area contributed by atoms with Crippen molar-refractivity contribution in [2.45, 2.75) is 44.6 Å². The minimum atomic E-state index is 0.692.